The topological polar surface area (TPSA) is 93.7 Å². The predicted octanol–water partition coefficient (Wildman–Crippen LogP) is 4.07. The van der Waals surface area contributed by atoms with Crippen molar-refractivity contribution >= 4 is 27.3 Å². The molecule has 0 atom stereocenters. The van der Waals surface area contributed by atoms with Gasteiger partial charge >= 0.3 is 0 Å². The molecule has 0 fully saturated rings. The minimum atomic E-state index is -3.75. The van der Waals surface area contributed by atoms with Crippen LogP contribution >= 0.6 is 0 Å². The third kappa shape index (κ3) is 4.72. The van der Waals surface area contributed by atoms with Crippen molar-refractivity contribution in [3.63, 3.8) is 0 Å². The van der Waals surface area contributed by atoms with Crippen LogP contribution in [-0.2, 0) is 10.0 Å². The van der Waals surface area contributed by atoms with Gasteiger partial charge in [0.15, 0.2) is 11.5 Å². The lowest BCUT2D eigenvalue weighted by Gasteiger charge is -2.14. The predicted molar refractivity (Wildman–Crippen MR) is 116 cm³/mol. The summed E-state index contributed by atoms with van der Waals surface area (Å²) in [6.07, 6.45) is 0. The first-order valence-corrected chi connectivity index (χ1v) is 10.5. The largest absolute Gasteiger partial charge is 0.493 e. The van der Waals surface area contributed by atoms with Gasteiger partial charge in [0.1, 0.15) is 0 Å². The number of ether oxygens (including phenoxy) is 2. The van der Waals surface area contributed by atoms with Crippen molar-refractivity contribution in [2.45, 2.75) is 11.8 Å². The van der Waals surface area contributed by atoms with Crippen LogP contribution in [0.15, 0.2) is 71.6 Å². The highest BCUT2D eigenvalue weighted by Gasteiger charge is 2.16. The number of hydrogen-bond donors (Lipinski definition) is 2. The average molecular weight is 426 g/mol. The van der Waals surface area contributed by atoms with Crippen LogP contribution in [0.25, 0.3) is 0 Å². The molecule has 0 heterocycles. The number of amides is 1. The molecule has 0 spiro atoms. The van der Waals surface area contributed by atoms with E-state index in [1.807, 2.05) is 6.92 Å². The maximum atomic E-state index is 12.6. The van der Waals surface area contributed by atoms with Crippen LogP contribution in [0, 0.1) is 6.92 Å². The van der Waals surface area contributed by atoms with Gasteiger partial charge in [0.2, 0.25) is 0 Å². The van der Waals surface area contributed by atoms with Crippen molar-refractivity contribution in [2.75, 3.05) is 24.3 Å². The molecule has 0 bridgehead atoms. The Balaban J connectivity index is 1.77. The molecule has 0 unspecified atom stereocenters. The van der Waals surface area contributed by atoms with E-state index in [1.165, 1.54) is 38.5 Å². The zero-order chi connectivity index (χ0) is 21.7. The fourth-order valence-corrected chi connectivity index (χ4v) is 3.87. The average Bonchev–Trinajstić information content (AvgIpc) is 2.75. The molecule has 0 aromatic heterocycles. The van der Waals surface area contributed by atoms with Gasteiger partial charge in [0, 0.05) is 23.0 Å². The summed E-state index contributed by atoms with van der Waals surface area (Å²) in [6, 6.07) is 17.7. The summed E-state index contributed by atoms with van der Waals surface area (Å²) in [7, 11) is -0.695. The second kappa shape index (κ2) is 8.87. The lowest BCUT2D eigenvalue weighted by atomic mass is 10.1. The molecule has 0 saturated carbocycles. The monoisotopic (exact) mass is 426 g/mol. The standard InChI is InChI=1S/C22H22N2O5S/c1-15-13-20(28-2)21(29-3)14-19(15)23-22(25)16-9-11-18(12-10-16)30(26,27)24-17-7-5-4-6-8-17/h4-14,24H,1-3H3,(H,23,25). The van der Waals surface area contributed by atoms with Gasteiger partial charge in [-0.25, -0.2) is 8.42 Å². The zero-order valence-corrected chi connectivity index (χ0v) is 17.6. The molecule has 30 heavy (non-hydrogen) atoms. The molecule has 1 amide bonds. The van der Waals surface area contributed by atoms with Gasteiger partial charge < -0.3 is 14.8 Å². The lowest BCUT2D eigenvalue weighted by molar-refractivity contribution is 0.102. The number of benzene rings is 3. The van der Waals surface area contributed by atoms with Gasteiger partial charge in [-0.3, -0.25) is 9.52 Å². The molecule has 0 aliphatic carbocycles. The molecular weight excluding hydrogens is 404 g/mol. The van der Waals surface area contributed by atoms with Crippen molar-refractivity contribution in [2.24, 2.45) is 0 Å². The van der Waals surface area contributed by atoms with E-state index in [9.17, 15) is 13.2 Å². The fourth-order valence-electron chi connectivity index (χ4n) is 2.82. The smallest absolute Gasteiger partial charge is 0.261 e. The number of anilines is 2. The third-order valence-electron chi connectivity index (χ3n) is 4.43. The van der Waals surface area contributed by atoms with E-state index in [0.717, 1.165) is 5.56 Å². The lowest BCUT2D eigenvalue weighted by Crippen LogP contribution is -2.15. The van der Waals surface area contributed by atoms with Gasteiger partial charge in [0.05, 0.1) is 19.1 Å². The van der Waals surface area contributed by atoms with Crippen LogP contribution in [0.3, 0.4) is 0 Å². The summed E-state index contributed by atoms with van der Waals surface area (Å²) in [5.74, 6) is 0.686. The molecule has 0 aliphatic heterocycles. The van der Waals surface area contributed by atoms with Crippen LogP contribution in [0.5, 0.6) is 11.5 Å². The number of rotatable bonds is 7. The maximum absolute atomic E-state index is 12.6. The number of methoxy groups -OCH3 is 2. The first kappa shape index (κ1) is 21.2. The van der Waals surface area contributed by atoms with E-state index in [1.54, 1.807) is 42.5 Å². The van der Waals surface area contributed by atoms with Crippen LogP contribution < -0.4 is 19.5 Å². The van der Waals surface area contributed by atoms with Crippen molar-refractivity contribution in [3.05, 3.63) is 77.9 Å². The summed E-state index contributed by atoms with van der Waals surface area (Å²) in [4.78, 5) is 12.7. The molecule has 8 heteroatoms. The van der Waals surface area contributed by atoms with E-state index < -0.39 is 10.0 Å². The Morgan fingerprint density at radius 1 is 0.867 bits per heavy atom. The SMILES string of the molecule is COc1cc(C)c(NC(=O)c2ccc(S(=O)(=O)Nc3ccccc3)cc2)cc1OC. The highest BCUT2D eigenvalue weighted by Crippen LogP contribution is 2.33. The third-order valence-corrected chi connectivity index (χ3v) is 5.83. The normalized spacial score (nSPS) is 10.9. The van der Waals surface area contributed by atoms with Gasteiger partial charge in [-0.15, -0.1) is 0 Å². The highest BCUT2D eigenvalue weighted by atomic mass is 32.2. The summed E-state index contributed by atoms with van der Waals surface area (Å²) in [6.45, 7) is 1.84. The zero-order valence-electron chi connectivity index (χ0n) is 16.8. The Morgan fingerprint density at radius 3 is 2.07 bits per heavy atom. The molecule has 0 radical (unpaired) electrons. The first-order valence-electron chi connectivity index (χ1n) is 9.06. The molecule has 3 aromatic rings. The Labute approximate surface area is 175 Å². The molecule has 3 rings (SSSR count). The molecule has 0 aliphatic rings. The number of nitrogens with one attached hydrogen (secondary N) is 2. The quantitative estimate of drug-likeness (QED) is 0.594. The van der Waals surface area contributed by atoms with E-state index in [4.69, 9.17) is 9.47 Å². The fraction of sp³-hybridized carbons (Fsp3) is 0.136. The Bertz CT molecular complexity index is 1140. The number of hydrogen-bond acceptors (Lipinski definition) is 5. The van der Waals surface area contributed by atoms with Crippen molar-refractivity contribution < 1.29 is 22.7 Å². The van der Waals surface area contributed by atoms with E-state index in [2.05, 4.69) is 10.0 Å². The summed E-state index contributed by atoms with van der Waals surface area (Å²) < 4.78 is 38.0. The molecule has 0 saturated heterocycles. The van der Waals surface area contributed by atoms with Crippen LogP contribution in [0.4, 0.5) is 11.4 Å². The van der Waals surface area contributed by atoms with Gasteiger partial charge in [-0.2, -0.15) is 0 Å². The number of carbonyl (C=O) groups is 1. The van der Waals surface area contributed by atoms with Gasteiger partial charge in [-0.05, 0) is 55.0 Å². The Morgan fingerprint density at radius 2 is 1.47 bits per heavy atom. The van der Waals surface area contributed by atoms with Crippen molar-refractivity contribution in [1.82, 2.24) is 0 Å². The number of aryl methyl sites for hydroxylation is 1. The van der Waals surface area contributed by atoms with Crippen LogP contribution in [0.1, 0.15) is 15.9 Å². The number of sulfonamides is 1. The molecule has 3 aromatic carbocycles. The van der Waals surface area contributed by atoms with E-state index >= 15 is 0 Å². The Kier molecular flexibility index (Phi) is 6.27. The van der Waals surface area contributed by atoms with Gasteiger partial charge in [0.25, 0.3) is 15.9 Å². The van der Waals surface area contributed by atoms with Crippen molar-refractivity contribution in [1.29, 1.82) is 0 Å². The molecular formula is C22H22N2O5S. The van der Waals surface area contributed by atoms with E-state index in [-0.39, 0.29) is 10.8 Å². The maximum Gasteiger partial charge on any atom is 0.261 e. The minimum absolute atomic E-state index is 0.0604. The minimum Gasteiger partial charge on any atom is -0.493 e. The summed E-state index contributed by atoms with van der Waals surface area (Å²) in [5, 5.41) is 2.81. The Hall–Kier alpha value is -3.52. The van der Waals surface area contributed by atoms with Gasteiger partial charge in [-0.1, -0.05) is 18.2 Å². The summed E-state index contributed by atoms with van der Waals surface area (Å²) >= 11 is 0. The second-order valence-corrected chi connectivity index (χ2v) is 8.15. The number of para-hydroxylation sites is 1. The second-order valence-electron chi connectivity index (χ2n) is 6.47. The number of carbonyl (C=O) groups excluding carboxylic acids is 1. The molecule has 156 valence electrons. The summed E-state index contributed by atoms with van der Waals surface area (Å²) in [5.41, 5.74) is 2.15. The van der Waals surface area contributed by atoms with E-state index in [0.29, 0.717) is 28.4 Å². The highest BCUT2D eigenvalue weighted by molar-refractivity contribution is 7.92. The van der Waals surface area contributed by atoms with Crippen LogP contribution in [0.2, 0.25) is 0 Å². The molecule has 7 nitrogen and oxygen atoms in total. The molecule has 2 N–H and O–H groups in total. The first-order chi connectivity index (χ1) is 14.3. The van der Waals surface area contributed by atoms with Crippen molar-refractivity contribution in [3.8, 4) is 11.5 Å². The van der Waals surface area contributed by atoms with Crippen LogP contribution in [-0.4, -0.2) is 28.5 Å².